The molecule has 86 valence electrons. The van der Waals surface area contributed by atoms with Crippen LogP contribution >= 0.6 is 15.9 Å². The van der Waals surface area contributed by atoms with E-state index in [1.54, 1.807) is 7.11 Å². The molecule has 2 N–H and O–H groups in total. The highest BCUT2D eigenvalue weighted by atomic mass is 79.9. The third-order valence-electron chi connectivity index (χ3n) is 2.33. The van der Waals surface area contributed by atoms with Crippen LogP contribution in [0.15, 0.2) is 27.7 Å². The molecule has 0 saturated heterocycles. The monoisotopic (exact) mass is 283 g/mol. The van der Waals surface area contributed by atoms with Gasteiger partial charge in [0.05, 0.1) is 13.2 Å². The third-order valence-corrected chi connectivity index (χ3v) is 3.08. The summed E-state index contributed by atoms with van der Waals surface area (Å²) in [6.07, 6.45) is 0. The van der Waals surface area contributed by atoms with Gasteiger partial charge in [-0.05, 0) is 12.1 Å². The van der Waals surface area contributed by atoms with E-state index in [9.17, 15) is 0 Å². The second kappa shape index (κ2) is 5.32. The molecule has 0 amide bonds. The lowest BCUT2D eigenvalue weighted by atomic mass is 10.2. The van der Waals surface area contributed by atoms with E-state index in [1.807, 2.05) is 18.2 Å². The number of methoxy groups -OCH3 is 1. The number of ether oxygens (including phenoxy) is 1. The molecule has 0 aliphatic carbocycles. The zero-order valence-electron chi connectivity index (χ0n) is 9.09. The van der Waals surface area contributed by atoms with Crippen molar-refractivity contribution in [2.75, 3.05) is 25.5 Å². The fraction of sp³-hybridized carbons (Fsp3) is 0.364. The summed E-state index contributed by atoms with van der Waals surface area (Å²) in [5.41, 5.74) is 2.12. The Morgan fingerprint density at radius 2 is 2.44 bits per heavy atom. The molecule has 0 fully saturated rings. The van der Waals surface area contributed by atoms with E-state index in [4.69, 9.17) is 4.74 Å². The van der Waals surface area contributed by atoms with Gasteiger partial charge in [0, 0.05) is 29.4 Å². The first-order valence-corrected chi connectivity index (χ1v) is 5.92. The lowest BCUT2D eigenvalue weighted by molar-refractivity contribution is 0.185. The summed E-state index contributed by atoms with van der Waals surface area (Å²) in [6.45, 7) is 2.29. The standard InChI is InChI=1S/C11H14BrN3O/c1-16-7-8-9(12)3-2-4-10(8)15-11-13-5-6-14-11/h2-4H,5-7H2,1H3,(H2,13,14,15). The molecule has 1 aliphatic rings. The molecule has 0 aromatic heterocycles. The Balaban J connectivity index is 2.21. The molecule has 0 saturated carbocycles. The fourth-order valence-electron chi connectivity index (χ4n) is 1.58. The van der Waals surface area contributed by atoms with Crippen LogP contribution in [0.25, 0.3) is 0 Å². The maximum atomic E-state index is 5.18. The van der Waals surface area contributed by atoms with Gasteiger partial charge in [-0.2, -0.15) is 0 Å². The Kier molecular flexibility index (Phi) is 3.79. The minimum Gasteiger partial charge on any atom is -0.380 e. The summed E-state index contributed by atoms with van der Waals surface area (Å²) in [7, 11) is 1.69. The van der Waals surface area contributed by atoms with Crippen molar-refractivity contribution in [3.05, 3.63) is 28.2 Å². The number of nitrogens with one attached hydrogen (secondary N) is 2. The van der Waals surface area contributed by atoms with Crippen LogP contribution in [0.3, 0.4) is 0 Å². The van der Waals surface area contributed by atoms with Crippen molar-refractivity contribution in [3.8, 4) is 0 Å². The third kappa shape index (κ3) is 2.54. The fourth-order valence-corrected chi connectivity index (χ4v) is 2.06. The molecule has 0 spiro atoms. The van der Waals surface area contributed by atoms with Crippen molar-refractivity contribution >= 4 is 27.6 Å². The van der Waals surface area contributed by atoms with Gasteiger partial charge < -0.3 is 15.4 Å². The topological polar surface area (TPSA) is 45.6 Å². The van der Waals surface area contributed by atoms with Crippen LogP contribution in [0.5, 0.6) is 0 Å². The second-order valence-electron chi connectivity index (χ2n) is 3.48. The Morgan fingerprint density at radius 3 is 3.12 bits per heavy atom. The van der Waals surface area contributed by atoms with E-state index in [0.29, 0.717) is 6.61 Å². The molecule has 5 heteroatoms. The highest BCUT2D eigenvalue weighted by Gasteiger charge is 2.10. The predicted molar refractivity (Wildman–Crippen MR) is 68.8 cm³/mol. The van der Waals surface area contributed by atoms with E-state index in [-0.39, 0.29) is 0 Å². The van der Waals surface area contributed by atoms with Crippen molar-refractivity contribution in [1.82, 2.24) is 5.32 Å². The van der Waals surface area contributed by atoms with E-state index >= 15 is 0 Å². The van der Waals surface area contributed by atoms with Gasteiger partial charge >= 0.3 is 0 Å². The summed E-state index contributed by atoms with van der Waals surface area (Å²) in [4.78, 5) is 4.30. The normalized spacial score (nSPS) is 14.5. The molecule has 1 aromatic rings. The number of guanidine groups is 1. The largest absolute Gasteiger partial charge is 0.380 e. The van der Waals surface area contributed by atoms with Gasteiger partial charge in [0.2, 0.25) is 0 Å². The zero-order valence-corrected chi connectivity index (χ0v) is 10.7. The van der Waals surface area contributed by atoms with Crippen LogP contribution in [0, 0.1) is 0 Å². The smallest absolute Gasteiger partial charge is 0.195 e. The van der Waals surface area contributed by atoms with Gasteiger partial charge in [0.1, 0.15) is 0 Å². The lowest BCUT2D eigenvalue weighted by Crippen LogP contribution is -2.26. The number of hydrogen-bond donors (Lipinski definition) is 2. The first kappa shape index (κ1) is 11.4. The van der Waals surface area contributed by atoms with E-state index in [2.05, 4.69) is 31.6 Å². The molecular formula is C11H14BrN3O. The predicted octanol–water partition coefficient (Wildman–Crippen LogP) is 1.97. The maximum absolute atomic E-state index is 5.18. The summed E-state index contributed by atoms with van der Waals surface area (Å²) >= 11 is 3.52. The maximum Gasteiger partial charge on any atom is 0.195 e. The number of anilines is 1. The zero-order chi connectivity index (χ0) is 11.4. The number of rotatable bonds is 3. The Morgan fingerprint density at radius 1 is 1.56 bits per heavy atom. The number of nitrogens with zero attached hydrogens (tertiary/aromatic N) is 1. The highest BCUT2D eigenvalue weighted by Crippen LogP contribution is 2.25. The van der Waals surface area contributed by atoms with Crippen molar-refractivity contribution < 1.29 is 4.74 Å². The molecule has 0 bridgehead atoms. The molecule has 16 heavy (non-hydrogen) atoms. The number of aliphatic imine (C=N–C) groups is 1. The van der Waals surface area contributed by atoms with Crippen LogP contribution in [0.4, 0.5) is 5.69 Å². The molecule has 0 radical (unpaired) electrons. The van der Waals surface area contributed by atoms with Gasteiger partial charge in [0.25, 0.3) is 0 Å². The number of halogens is 1. The number of benzene rings is 1. The summed E-state index contributed by atoms with van der Waals surface area (Å²) in [5, 5.41) is 6.44. The van der Waals surface area contributed by atoms with Gasteiger partial charge in [-0.25, -0.2) is 0 Å². The minimum absolute atomic E-state index is 0.567. The van der Waals surface area contributed by atoms with E-state index in [0.717, 1.165) is 34.8 Å². The summed E-state index contributed by atoms with van der Waals surface area (Å²) in [5.74, 6) is 0.829. The first-order valence-electron chi connectivity index (χ1n) is 5.13. The quantitative estimate of drug-likeness (QED) is 0.892. The van der Waals surface area contributed by atoms with Crippen molar-refractivity contribution in [3.63, 3.8) is 0 Å². The summed E-state index contributed by atoms with van der Waals surface area (Å²) in [6, 6.07) is 6.01. The first-order chi connectivity index (χ1) is 7.81. The Bertz CT molecular complexity index is 406. The average molecular weight is 284 g/mol. The highest BCUT2D eigenvalue weighted by molar-refractivity contribution is 9.10. The average Bonchev–Trinajstić information content (AvgIpc) is 2.76. The van der Waals surface area contributed by atoms with Crippen molar-refractivity contribution in [2.45, 2.75) is 6.61 Å². The van der Waals surface area contributed by atoms with Crippen LogP contribution in [0.1, 0.15) is 5.56 Å². The molecule has 0 unspecified atom stereocenters. The minimum atomic E-state index is 0.567. The summed E-state index contributed by atoms with van der Waals surface area (Å²) < 4.78 is 6.22. The van der Waals surface area contributed by atoms with Crippen LogP contribution in [0.2, 0.25) is 0 Å². The lowest BCUT2D eigenvalue weighted by Gasteiger charge is -2.13. The SMILES string of the molecule is COCc1c(Br)cccc1NC1=NCCN1. The van der Waals surface area contributed by atoms with Crippen LogP contribution < -0.4 is 10.6 Å². The van der Waals surface area contributed by atoms with Crippen LogP contribution in [-0.4, -0.2) is 26.2 Å². The molecule has 0 atom stereocenters. The molecule has 1 heterocycles. The molecular weight excluding hydrogens is 270 g/mol. The Labute approximate surface area is 103 Å². The van der Waals surface area contributed by atoms with E-state index < -0.39 is 0 Å². The van der Waals surface area contributed by atoms with Crippen molar-refractivity contribution in [1.29, 1.82) is 0 Å². The van der Waals surface area contributed by atoms with Gasteiger partial charge in [-0.15, -0.1) is 0 Å². The molecule has 2 rings (SSSR count). The van der Waals surface area contributed by atoms with E-state index in [1.165, 1.54) is 0 Å². The van der Waals surface area contributed by atoms with Gasteiger partial charge in [-0.1, -0.05) is 22.0 Å². The van der Waals surface area contributed by atoms with Gasteiger partial charge in [0.15, 0.2) is 5.96 Å². The van der Waals surface area contributed by atoms with Gasteiger partial charge in [-0.3, -0.25) is 4.99 Å². The number of hydrogen-bond acceptors (Lipinski definition) is 4. The van der Waals surface area contributed by atoms with Crippen molar-refractivity contribution in [2.24, 2.45) is 4.99 Å². The molecule has 4 nitrogen and oxygen atoms in total. The molecule has 1 aromatic carbocycles. The molecule has 1 aliphatic heterocycles. The van der Waals surface area contributed by atoms with Crippen LogP contribution in [-0.2, 0) is 11.3 Å². The Hall–Kier alpha value is -1.07. The second-order valence-corrected chi connectivity index (χ2v) is 4.34.